The van der Waals surface area contributed by atoms with Crippen LogP contribution in [0.4, 0.5) is 0 Å². The highest BCUT2D eigenvalue weighted by Gasteiger charge is 2.30. The number of phosphoric acid groups is 2. The fraction of sp³-hybridized carbons (Fsp3) is 0.706. The summed E-state index contributed by atoms with van der Waals surface area (Å²) < 4.78 is 61.9. The SMILES string of the molecule is CC/C=C\C/C=C\C/C=C\C/C=C\C/C=C\C/C=C\CCCCCCCCCCCCCCCCCCC(=O)OCC(O)COP(=O)(O)OCC(O)COP(=O)(O)OCC(COC(=O)CCCCCCCCCCCCCCCCCCC/C=C\C/C=C\C/C=C\C/C=C\C/C=C\CC)OC(=O)CCCCCCCCCCCCCCCCCCC/C=C\C/C=C\C/C=C\C/C=C\C/C=C\CC. The molecule has 16 nitrogen and oxygen atoms in total. The molecule has 0 amide bonds. The fourth-order valence-electron chi connectivity index (χ4n) is 15.5. The van der Waals surface area contributed by atoms with Crippen molar-refractivity contribution in [1.29, 1.82) is 0 Å². The summed E-state index contributed by atoms with van der Waals surface area (Å²) in [7, 11) is -9.82. The monoisotopic (exact) mass is 1950 g/mol. The number of phosphoric ester groups is 2. The van der Waals surface area contributed by atoms with E-state index in [2.05, 4.69) is 215 Å². The maximum Gasteiger partial charge on any atom is 0.472 e. The molecule has 0 aromatic rings. The Balaban J connectivity index is 4.60. The van der Waals surface area contributed by atoms with E-state index in [4.69, 9.17) is 32.3 Å². The van der Waals surface area contributed by atoms with E-state index >= 15 is 0 Å². The number of esters is 3. The number of aliphatic hydroxyl groups is 2. The maximum absolute atomic E-state index is 13.2. The molecule has 0 radical (unpaired) electrons. The summed E-state index contributed by atoms with van der Waals surface area (Å²) in [5.74, 6) is -1.55. The summed E-state index contributed by atoms with van der Waals surface area (Å²) in [6, 6.07) is 0. The van der Waals surface area contributed by atoms with Crippen LogP contribution in [0.5, 0.6) is 0 Å². The van der Waals surface area contributed by atoms with E-state index in [9.17, 15) is 43.5 Å². The minimum absolute atomic E-state index is 0.104. The normalized spacial score (nSPS) is 14.3. The molecule has 0 aliphatic heterocycles. The molecule has 5 atom stereocenters. The molecular formula is C119H204O16P2. The predicted octanol–water partition coefficient (Wildman–Crippen LogP) is 36.0. The summed E-state index contributed by atoms with van der Waals surface area (Å²) >= 11 is 0. The molecule has 18 heteroatoms. The van der Waals surface area contributed by atoms with Crippen LogP contribution < -0.4 is 0 Å². The molecule has 0 aromatic heterocycles. The molecule has 4 N–H and O–H groups in total. The predicted molar refractivity (Wildman–Crippen MR) is 583 cm³/mol. The topological polar surface area (TPSA) is 231 Å². The third kappa shape index (κ3) is 111. The average molecular weight is 1950 g/mol. The first-order valence-electron chi connectivity index (χ1n) is 55.7. The van der Waals surface area contributed by atoms with E-state index in [1.165, 1.54) is 257 Å². The molecule has 0 aliphatic carbocycles. The Hall–Kier alpha value is -5.61. The lowest BCUT2D eigenvalue weighted by Crippen LogP contribution is -2.30. The van der Waals surface area contributed by atoms with Gasteiger partial charge in [-0.15, -0.1) is 0 Å². The highest BCUT2D eigenvalue weighted by atomic mass is 31.2. The number of ether oxygens (including phenoxy) is 3. The van der Waals surface area contributed by atoms with E-state index in [0.717, 1.165) is 167 Å². The molecule has 0 saturated carbocycles. The summed E-state index contributed by atoms with van der Waals surface area (Å²) in [4.78, 5) is 59.4. The van der Waals surface area contributed by atoms with Crippen molar-refractivity contribution in [1.82, 2.24) is 0 Å². The number of rotatable bonds is 105. The van der Waals surface area contributed by atoms with Crippen LogP contribution in [0.2, 0.25) is 0 Å². The molecule has 5 unspecified atom stereocenters. The van der Waals surface area contributed by atoms with Crippen molar-refractivity contribution >= 4 is 33.6 Å². The largest absolute Gasteiger partial charge is 0.472 e. The van der Waals surface area contributed by atoms with Gasteiger partial charge in [-0.1, -0.05) is 498 Å². The lowest BCUT2D eigenvalue weighted by molar-refractivity contribution is -0.161. The Bertz CT molecular complexity index is 3270. The van der Waals surface area contributed by atoms with Gasteiger partial charge in [0, 0.05) is 19.3 Å². The third-order valence-corrected chi connectivity index (χ3v) is 25.7. The highest BCUT2D eigenvalue weighted by Crippen LogP contribution is 2.45. The third-order valence-electron chi connectivity index (χ3n) is 23.8. The smallest absolute Gasteiger partial charge is 0.463 e. The van der Waals surface area contributed by atoms with E-state index in [0.29, 0.717) is 19.3 Å². The lowest BCUT2D eigenvalue weighted by Gasteiger charge is -2.21. The summed E-state index contributed by atoms with van der Waals surface area (Å²) in [6.45, 7) is 2.44. The minimum atomic E-state index is -4.95. The lowest BCUT2D eigenvalue weighted by atomic mass is 10.0. The molecule has 0 saturated heterocycles. The van der Waals surface area contributed by atoms with Crippen LogP contribution in [-0.4, -0.2) is 95.9 Å². The molecule has 0 aliphatic rings. The summed E-state index contributed by atoms with van der Waals surface area (Å²) in [5.41, 5.74) is 0. The molecule has 0 heterocycles. The fourth-order valence-corrected chi connectivity index (χ4v) is 17.1. The van der Waals surface area contributed by atoms with E-state index in [1.54, 1.807) is 0 Å². The number of allylic oxidation sites excluding steroid dienone is 32. The van der Waals surface area contributed by atoms with Crippen molar-refractivity contribution in [2.75, 3.05) is 39.6 Å². The van der Waals surface area contributed by atoms with Gasteiger partial charge in [0.25, 0.3) is 0 Å². The Labute approximate surface area is 839 Å². The van der Waals surface area contributed by atoms with Crippen molar-refractivity contribution in [3.8, 4) is 0 Å². The molecule has 0 fully saturated rings. The van der Waals surface area contributed by atoms with Crippen molar-refractivity contribution in [3.05, 3.63) is 194 Å². The number of hydrogen-bond donors (Lipinski definition) is 4. The first kappa shape index (κ1) is 131. The van der Waals surface area contributed by atoms with Crippen molar-refractivity contribution < 1.29 is 75.8 Å². The zero-order valence-electron chi connectivity index (χ0n) is 87.4. The van der Waals surface area contributed by atoms with Crippen LogP contribution >= 0.6 is 15.6 Å². The van der Waals surface area contributed by atoms with Crippen molar-refractivity contribution in [3.63, 3.8) is 0 Å². The van der Waals surface area contributed by atoms with E-state index in [-0.39, 0.29) is 19.3 Å². The number of hydrogen-bond acceptors (Lipinski definition) is 14. The van der Waals surface area contributed by atoms with Gasteiger partial charge < -0.3 is 34.2 Å². The zero-order valence-corrected chi connectivity index (χ0v) is 89.2. The number of carbonyl (C=O) groups is 3. The Morgan fingerprint density at radius 1 is 0.204 bits per heavy atom. The summed E-state index contributed by atoms with van der Waals surface area (Å²) in [6.07, 6.45) is 148. The van der Waals surface area contributed by atoms with Gasteiger partial charge in [0.05, 0.1) is 26.4 Å². The van der Waals surface area contributed by atoms with E-state index < -0.39 is 91.5 Å². The second-order valence-corrected chi connectivity index (χ2v) is 39.9. The van der Waals surface area contributed by atoms with Gasteiger partial charge in [-0.3, -0.25) is 32.5 Å². The highest BCUT2D eigenvalue weighted by molar-refractivity contribution is 7.47. The van der Waals surface area contributed by atoms with Gasteiger partial charge in [0.15, 0.2) is 6.10 Å². The van der Waals surface area contributed by atoms with Crippen LogP contribution in [0.15, 0.2) is 194 Å². The van der Waals surface area contributed by atoms with Gasteiger partial charge >= 0.3 is 33.6 Å². The molecule has 137 heavy (non-hydrogen) atoms. The van der Waals surface area contributed by atoms with Gasteiger partial charge in [-0.05, 0) is 161 Å². The molecular weight excluding hydrogens is 1750 g/mol. The Morgan fingerprint density at radius 3 is 0.577 bits per heavy atom. The van der Waals surface area contributed by atoms with Crippen molar-refractivity contribution in [2.24, 2.45) is 0 Å². The number of carbonyl (C=O) groups excluding carboxylic acids is 3. The maximum atomic E-state index is 13.2. The molecule has 0 rings (SSSR count). The quantitative estimate of drug-likeness (QED) is 0.0146. The average Bonchev–Trinajstić information content (AvgIpc) is 0.896. The van der Waals surface area contributed by atoms with Crippen LogP contribution in [0.3, 0.4) is 0 Å². The molecule has 0 bridgehead atoms. The van der Waals surface area contributed by atoms with Crippen LogP contribution in [0.25, 0.3) is 0 Å². The molecule has 0 spiro atoms. The van der Waals surface area contributed by atoms with Crippen molar-refractivity contribution in [2.45, 2.75) is 501 Å². The van der Waals surface area contributed by atoms with E-state index in [1.807, 2.05) is 0 Å². The standard InChI is InChI=1S/C119H204O16P2/c1-4-7-10-13-16-19-22-25-28-31-34-37-40-43-46-49-52-55-56-59-61-63-66-69-72-75-78-81-84-87-90-93-96-99-102-105-117(122)129-108-114(120)109-131-136(125,126)132-110-115(121)111-133-137(127,128)134-113-116(135-119(124)107-104-101-98-95-92-89-86-83-80-77-74-71-68-65-62-58-54-51-48-45-42-39-36-33-30-27-24-21-18-15-12-9-6-3)112-130-118(123)106-103-100-97-94-91-88-85-82-79-76-73-70-67-64-60-57-53-50-47-44-41-38-35-32-29-26-23-20-17-14-11-8-5-2/h7-12,16-21,25-30,34-39,43-48,52,55,114-116,120-121H,4-6,13-15,22-24,31-33,40-42,49-51,53-54,56-113H2,1-3H3,(H,125,126)(H,127,128)/b10-7-,11-8-,12-9-,19-16-,20-17-,21-18-,28-25-,29-26-,30-27-,37-34-,38-35-,39-36-,46-43-,47-44-,48-45-,55-52-. The van der Waals surface area contributed by atoms with Crippen LogP contribution in [0.1, 0.15) is 483 Å². The van der Waals surface area contributed by atoms with Gasteiger partial charge in [0.1, 0.15) is 25.4 Å². The van der Waals surface area contributed by atoms with Crippen LogP contribution in [-0.2, 0) is 55.8 Å². The number of aliphatic hydroxyl groups excluding tert-OH is 2. The zero-order chi connectivity index (χ0) is 99.2. The molecule has 786 valence electrons. The van der Waals surface area contributed by atoms with Gasteiger partial charge in [-0.2, -0.15) is 0 Å². The van der Waals surface area contributed by atoms with Crippen LogP contribution in [0, 0.1) is 0 Å². The first-order chi connectivity index (χ1) is 67.2. The molecule has 0 aromatic carbocycles. The van der Waals surface area contributed by atoms with Gasteiger partial charge in [-0.25, -0.2) is 9.13 Å². The Morgan fingerprint density at radius 2 is 0.365 bits per heavy atom. The Kier molecular flexibility index (Phi) is 105. The van der Waals surface area contributed by atoms with Gasteiger partial charge in [0.2, 0.25) is 0 Å². The first-order valence-corrected chi connectivity index (χ1v) is 58.7. The number of unbranched alkanes of at least 4 members (excludes halogenated alkanes) is 50. The second-order valence-electron chi connectivity index (χ2n) is 37.0. The summed E-state index contributed by atoms with van der Waals surface area (Å²) in [5, 5.41) is 20.8. The second kappa shape index (κ2) is 109. The minimum Gasteiger partial charge on any atom is -0.463 e.